The molecular weight excluding hydrogens is 242 g/mol. The van der Waals surface area contributed by atoms with Crippen molar-refractivity contribution < 1.29 is 9.53 Å². The fraction of sp³-hybridized carbons (Fsp3) is 0.286. The molecule has 0 unspecified atom stereocenters. The Labute approximate surface area is 112 Å². The van der Waals surface area contributed by atoms with Crippen molar-refractivity contribution in [1.82, 2.24) is 9.55 Å². The number of imidazole rings is 1. The van der Waals surface area contributed by atoms with Gasteiger partial charge >= 0.3 is 0 Å². The van der Waals surface area contributed by atoms with Crippen molar-refractivity contribution in [2.45, 2.75) is 20.0 Å². The van der Waals surface area contributed by atoms with Gasteiger partial charge in [0, 0.05) is 23.8 Å². The SMILES string of the molecule is CC(C)OCC(=O)Nc1cccc(-n2ccnc2)c1. The molecule has 19 heavy (non-hydrogen) atoms. The maximum Gasteiger partial charge on any atom is 0.250 e. The van der Waals surface area contributed by atoms with Gasteiger partial charge < -0.3 is 14.6 Å². The predicted octanol–water partition coefficient (Wildman–Crippen LogP) is 2.24. The summed E-state index contributed by atoms with van der Waals surface area (Å²) >= 11 is 0. The van der Waals surface area contributed by atoms with Gasteiger partial charge in [0.25, 0.3) is 0 Å². The third kappa shape index (κ3) is 3.93. The molecule has 2 rings (SSSR count). The molecule has 0 atom stereocenters. The second kappa shape index (κ2) is 6.15. The quantitative estimate of drug-likeness (QED) is 0.895. The summed E-state index contributed by atoms with van der Waals surface area (Å²) < 4.78 is 7.13. The fourth-order valence-electron chi connectivity index (χ4n) is 1.60. The first-order valence-corrected chi connectivity index (χ1v) is 6.15. The molecule has 0 spiro atoms. The third-order valence-corrected chi connectivity index (χ3v) is 2.48. The maximum atomic E-state index is 11.7. The van der Waals surface area contributed by atoms with Crippen LogP contribution >= 0.6 is 0 Å². The number of nitrogens with zero attached hydrogens (tertiary/aromatic N) is 2. The van der Waals surface area contributed by atoms with E-state index in [9.17, 15) is 4.79 Å². The Morgan fingerprint density at radius 3 is 3.00 bits per heavy atom. The Morgan fingerprint density at radius 1 is 1.47 bits per heavy atom. The van der Waals surface area contributed by atoms with Gasteiger partial charge in [-0.3, -0.25) is 4.79 Å². The van der Waals surface area contributed by atoms with E-state index in [1.54, 1.807) is 12.5 Å². The van der Waals surface area contributed by atoms with Gasteiger partial charge in [0.15, 0.2) is 0 Å². The number of benzene rings is 1. The number of nitrogens with one attached hydrogen (secondary N) is 1. The molecule has 0 saturated carbocycles. The van der Waals surface area contributed by atoms with Gasteiger partial charge in [0.2, 0.25) is 5.91 Å². The van der Waals surface area contributed by atoms with Gasteiger partial charge in [-0.05, 0) is 32.0 Å². The van der Waals surface area contributed by atoms with E-state index in [0.717, 1.165) is 11.4 Å². The van der Waals surface area contributed by atoms with Crippen LogP contribution in [0.4, 0.5) is 5.69 Å². The number of carbonyl (C=O) groups excluding carboxylic acids is 1. The van der Waals surface area contributed by atoms with Crippen molar-refractivity contribution >= 4 is 11.6 Å². The highest BCUT2D eigenvalue weighted by Gasteiger charge is 2.05. The van der Waals surface area contributed by atoms with E-state index >= 15 is 0 Å². The highest BCUT2D eigenvalue weighted by molar-refractivity contribution is 5.91. The molecule has 100 valence electrons. The van der Waals surface area contributed by atoms with Crippen molar-refractivity contribution in [1.29, 1.82) is 0 Å². The summed E-state index contributed by atoms with van der Waals surface area (Å²) in [4.78, 5) is 15.7. The largest absolute Gasteiger partial charge is 0.369 e. The lowest BCUT2D eigenvalue weighted by Crippen LogP contribution is -2.20. The van der Waals surface area contributed by atoms with Gasteiger partial charge in [-0.15, -0.1) is 0 Å². The Balaban J connectivity index is 2.01. The van der Waals surface area contributed by atoms with Crippen LogP contribution in [0.1, 0.15) is 13.8 Å². The average molecular weight is 259 g/mol. The lowest BCUT2D eigenvalue weighted by molar-refractivity contribution is -0.121. The zero-order valence-corrected chi connectivity index (χ0v) is 11.0. The Morgan fingerprint density at radius 2 is 2.32 bits per heavy atom. The molecule has 1 aromatic heterocycles. The molecule has 1 N–H and O–H groups in total. The van der Waals surface area contributed by atoms with Crippen molar-refractivity contribution in [2.24, 2.45) is 0 Å². The predicted molar refractivity (Wildman–Crippen MR) is 73.3 cm³/mol. The van der Waals surface area contributed by atoms with Crippen LogP contribution < -0.4 is 5.32 Å². The molecule has 5 heteroatoms. The number of carbonyl (C=O) groups is 1. The molecule has 1 aromatic carbocycles. The molecule has 0 fully saturated rings. The molecule has 0 saturated heterocycles. The van der Waals surface area contributed by atoms with Crippen LogP contribution in [-0.4, -0.2) is 28.2 Å². The van der Waals surface area contributed by atoms with E-state index in [1.165, 1.54) is 0 Å². The Kier molecular flexibility index (Phi) is 4.30. The summed E-state index contributed by atoms with van der Waals surface area (Å²) in [7, 11) is 0. The molecule has 1 amide bonds. The minimum absolute atomic E-state index is 0.0445. The van der Waals surface area contributed by atoms with Gasteiger partial charge in [-0.1, -0.05) is 6.07 Å². The number of hydrogen-bond acceptors (Lipinski definition) is 3. The van der Waals surface area contributed by atoms with E-state index in [0.29, 0.717) is 0 Å². The second-order valence-corrected chi connectivity index (χ2v) is 4.43. The highest BCUT2D eigenvalue weighted by atomic mass is 16.5. The third-order valence-electron chi connectivity index (χ3n) is 2.48. The molecule has 2 aromatic rings. The summed E-state index contributed by atoms with van der Waals surface area (Å²) in [6.45, 7) is 3.85. The summed E-state index contributed by atoms with van der Waals surface area (Å²) in [5.74, 6) is -0.156. The van der Waals surface area contributed by atoms with Crippen molar-refractivity contribution in [3.05, 3.63) is 43.0 Å². The first-order chi connectivity index (χ1) is 9.15. The van der Waals surface area contributed by atoms with Crippen molar-refractivity contribution in [3.63, 3.8) is 0 Å². The lowest BCUT2D eigenvalue weighted by Gasteiger charge is -2.09. The van der Waals surface area contributed by atoms with Crippen LogP contribution in [0.5, 0.6) is 0 Å². The van der Waals surface area contributed by atoms with Gasteiger partial charge in [0.05, 0.1) is 12.4 Å². The van der Waals surface area contributed by atoms with Crippen LogP contribution in [-0.2, 0) is 9.53 Å². The minimum atomic E-state index is -0.156. The number of rotatable bonds is 5. The number of anilines is 1. The number of aromatic nitrogens is 2. The summed E-state index contributed by atoms with van der Waals surface area (Å²) in [5, 5.41) is 2.80. The normalized spacial score (nSPS) is 10.7. The first-order valence-electron chi connectivity index (χ1n) is 6.15. The van der Waals surface area contributed by atoms with Gasteiger partial charge in [-0.25, -0.2) is 4.98 Å². The van der Waals surface area contributed by atoms with Crippen molar-refractivity contribution in [3.8, 4) is 5.69 Å². The zero-order valence-electron chi connectivity index (χ0n) is 11.0. The molecule has 1 heterocycles. The van der Waals surface area contributed by atoms with Gasteiger partial charge in [-0.2, -0.15) is 0 Å². The van der Waals surface area contributed by atoms with Crippen LogP contribution in [0.25, 0.3) is 5.69 Å². The van der Waals surface area contributed by atoms with Crippen molar-refractivity contribution in [2.75, 3.05) is 11.9 Å². The summed E-state index contributed by atoms with van der Waals surface area (Å²) in [5.41, 5.74) is 1.68. The average Bonchev–Trinajstić information content (AvgIpc) is 2.90. The fourth-order valence-corrected chi connectivity index (χ4v) is 1.60. The summed E-state index contributed by atoms with van der Waals surface area (Å²) in [6.07, 6.45) is 5.32. The topological polar surface area (TPSA) is 56.1 Å². The van der Waals surface area contributed by atoms with Crippen LogP contribution in [0.3, 0.4) is 0 Å². The maximum absolute atomic E-state index is 11.7. The minimum Gasteiger partial charge on any atom is -0.369 e. The number of hydrogen-bond donors (Lipinski definition) is 1. The molecule has 5 nitrogen and oxygen atoms in total. The lowest BCUT2D eigenvalue weighted by atomic mass is 10.2. The van der Waals surface area contributed by atoms with Crippen LogP contribution in [0.2, 0.25) is 0 Å². The molecule has 0 radical (unpaired) electrons. The molecule has 0 aliphatic heterocycles. The highest BCUT2D eigenvalue weighted by Crippen LogP contribution is 2.14. The standard InChI is InChI=1S/C14H17N3O2/c1-11(2)19-9-14(18)16-12-4-3-5-13(8-12)17-7-6-15-10-17/h3-8,10-11H,9H2,1-2H3,(H,16,18). The van der Waals surface area contributed by atoms with E-state index < -0.39 is 0 Å². The first kappa shape index (κ1) is 13.3. The number of ether oxygens (including phenoxy) is 1. The van der Waals surface area contributed by atoms with Crippen LogP contribution in [0.15, 0.2) is 43.0 Å². The molecular formula is C14H17N3O2. The van der Waals surface area contributed by atoms with E-state index in [4.69, 9.17) is 4.74 Å². The van der Waals surface area contributed by atoms with E-state index in [-0.39, 0.29) is 18.6 Å². The molecule has 0 aliphatic carbocycles. The second-order valence-electron chi connectivity index (χ2n) is 4.43. The Bertz CT molecular complexity index is 535. The zero-order chi connectivity index (χ0) is 13.7. The van der Waals surface area contributed by atoms with Crippen LogP contribution in [0, 0.1) is 0 Å². The van der Waals surface area contributed by atoms with Gasteiger partial charge in [0.1, 0.15) is 6.61 Å². The monoisotopic (exact) mass is 259 g/mol. The van der Waals surface area contributed by atoms with E-state index in [1.807, 2.05) is 48.9 Å². The Hall–Kier alpha value is -2.14. The molecule has 0 bridgehead atoms. The molecule has 0 aliphatic rings. The summed E-state index contributed by atoms with van der Waals surface area (Å²) in [6, 6.07) is 7.55. The van der Waals surface area contributed by atoms with E-state index in [2.05, 4.69) is 10.3 Å². The number of amides is 1. The smallest absolute Gasteiger partial charge is 0.250 e.